The minimum atomic E-state index is -1.01. The number of esters is 1. The summed E-state index contributed by atoms with van der Waals surface area (Å²) in [4.78, 5) is 29.1. The van der Waals surface area contributed by atoms with Crippen LogP contribution < -0.4 is 10.1 Å². The van der Waals surface area contributed by atoms with Crippen molar-refractivity contribution in [2.75, 3.05) is 26.1 Å². The molecule has 1 N–H and O–H groups in total. The van der Waals surface area contributed by atoms with Crippen molar-refractivity contribution in [3.63, 3.8) is 0 Å². The molecule has 4 atom stereocenters. The summed E-state index contributed by atoms with van der Waals surface area (Å²) in [5, 5.41) is 3.05. The van der Waals surface area contributed by atoms with Crippen LogP contribution in [-0.2, 0) is 19.7 Å². The standard InChI is InChI=1S/C23H24N2O4/c1-28-15-11-9-14(10-12-15)20-23(16-6-3-4-7-17(16)24-22(23)27)19(21(26)29-2)18-8-5-13-25(18)20/h3-4,6-7,9-12,18-20H,5,8,13H2,1-2H3,(H,24,27)/t18-,19+,20-,23+/m1/s1. The van der Waals surface area contributed by atoms with Gasteiger partial charge in [-0.3, -0.25) is 14.5 Å². The van der Waals surface area contributed by atoms with Crippen LogP contribution in [0.4, 0.5) is 5.69 Å². The minimum absolute atomic E-state index is 0.0218. The van der Waals surface area contributed by atoms with Gasteiger partial charge in [-0.15, -0.1) is 0 Å². The molecule has 3 heterocycles. The summed E-state index contributed by atoms with van der Waals surface area (Å²) < 4.78 is 10.6. The molecule has 29 heavy (non-hydrogen) atoms. The number of ether oxygens (including phenoxy) is 2. The number of para-hydroxylation sites is 1. The van der Waals surface area contributed by atoms with Gasteiger partial charge in [-0.1, -0.05) is 30.3 Å². The molecule has 5 rings (SSSR count). The largest absolute Gasteiger partial charge is 0.497 e. The fraction of sp³-hybridized carbons (Fsp3) is 0.391. The van der Waals surface area contributed by atoms with E-state index in [0.29, 0.717) is 0 Å². The lowest BCUT2D eigenvalue weighted by Gasteiger charge is -2.36. The van der Waals surface area contributed by atoms with Gasteiger partial charge in [-0.25, -0.2) is 0 Å². The second-order valence-corrected chi connectivity index (χ2v) is 7.99. The van der Waals surface area contributed by atoms with Crippen molar-refractivity contribution in [2.24, 2.45) is 5.92 Å². The number of rotatable bonds is 3. The Balaban J connectivity index is 1.77. The third-order valence-corrected chi connectivity index (χ3v) is 6.86. The Morgan fingerprint density at radius 3 is 2.62 bits per heavy atom. The third kappa shape index (κ3) is 2.32. The molecule has 2 saturated heterocycles. The molecule has 2 aromatic carbocycles. The Bertz CT molecular complexity index is 973. The van der Waals surface area contributed by atoms with Gasteiger partial charge < -0.3 is 14.8 Å². The van der Waals surface area contributed by atoms with Crippen LogP contribution in [0.15, 0.2) is 48.5 Å². The normalized spacial score (nSPS) is 30.1. The van der Waals surface area contributed by atoms with Crippen LogP contribution in [0.25, 0.3) is 0 Å². The number of fused-ring (bicyclic) bond motifs is 3. The zero-order valence-corrected chi connectivity index (χ0v) is 16.6. The van der Waals surface area contributed by atoms with Gasteiger partial charge in [-0.05, 0) is 48.7 Å². The number of benzene rings is 2. The molecule has 2 aromatic rings. The predicted octanol–water partition coefficient (Wildman–Crippen LogP) is 2.89. The van der Waals surface area contributed by atoms with Gasteiger partial charge in [0.05, 0.1) is 26.2 Å². The lowest BCUT2D eigenvalue weighted by Crippen LogP contribution is -2.48. The number of nitrogens with one attached hydrogen (secondary N) is 1. The molecular weight excluding hydrogens is 368 g/mol. The van der Waals surface area contributed by atoms with Crippen molar-refractivity contribution in [1.29, 1.82) is 0 Å². The molecule has 0 radical (unpaired) electrons. The number of carbonyl (C=O) groups is 2. The minimum Gasteiger partial charge on any atom is -0.497 e. The second kappa shape index (κ2) is 6.59. The highest BCUT2D eigenvalue weighted by atomic mass is 16.5. The van der Waals surface area contributed by atoms with Crippen molar-refractivity contribution in [2.45, 2.75) is 30.3 Å². The first-order valence-electron chi connectivity index (χ1n) is 10.0. The molecule has 0 aliphatic carbocycles. The van der Waals surface area contributed by atoms with E-state index in [4.69, 9.17) is 9.47 Å². The molecule has 0 unspecified atom stereocenters. The van der Waals surface area contributed by atoms with Crippen molar-refractivity contribution in [3.8, 4) is 5.75 Å². The first kappa shape index (κ1) is 18.2. The molecule has 2 fully saturated rings. The van der Waals surface area contributed by atoms with Gasteiger partial charge in [0, 0.05) is 11.7 Å². The maximum absolute atomic E-state index is 13.7. The van der Waals surface area contributed by atoms with Crippen LogP contribution >= 0.6 is 0 Å². The van der Waals surface area contributed by atoms with Crippen LogP contribution in [0.3, 0.4) is 0 Å². The number of anilines is 1. The van der Waals surface area contributed by atoms with Gasteiger partial charge in [-0.2, -0.15) is 0 Å². The average Bonchev–Trinajstić information content (AvgIpc) is 3.40. The Hall–Kier alpha value is -2.86. The van der Waals surface area contributed by atoms with Crippen LogP contribution in [0.2, 0.25) is 0 Å². The molecule has 6 heteroatoms. The molecule has 1 amide bonds. The Labute approximate surface area is 169 Å². The number of amides is 1. The van der Waals surface area contributed by atoms with Crippen LogP contribution in [0, 0.1) is 5.92 Å². The van der Waals surface area contributed by atoms with E-state index in [0.717, 1.165) is 42.0 Å². The summed E-state index contributed by atoms with van der Waals surface area (Å²) in [7, 11) is 3.05. The molecule has 1 spiro atoms. The summed E-state index contributed by atoms with van der Waals surface area (Å²) in [6.45, 7) is 0.853. The van der Waals surface area contributed by atoms with E-state index in [1.165, 1.54) is 7.11 Å². The van der Waals surface area contributed by atoms with Gasteiger partial charge >= 0.3 is 5.97 Å². The molecular formula is C23H24N2O4. The summed E-state index contributed by atoms with van der Waals surface area (Å²) in [5.41, 5.74) is 1.67. The summed E-state index contributed by atoms with van der Waals surface area (Å²) in [6, 6.07) is 15.3. The first-order chi connectivity index (χ1) is 14.1. The quantitative estimate of drug-likeness (QED) is 0.814. The molecule has 0 bridgehead atoms. The fourth-order valence-corrected chi connectivity index (χ4v) is 5.82. The van der Waals surface area contributed by atoms with E-state index in [2.05, 4.69) is 10.2 Å². The predicted molar refractivity (Wildman–Crippen MR) is 108 cm³/mol. The maximum atomic E-state index is 13.7. The SMILES string of the molecule is COC(=O)[C@@H]1[C@H]2CCCN2[C@H](c2ccc(OC)cc2)[C@@]12C(=O)Nc1ccccc12. The first-order valence-corrected chi connectivity index (χ1v) is 10.0. The fourth-order valence-electron chi connectivity index (χ4n) is 5.82. The summed E-state index contributed by atoms with van der Waals surface area (Å²) >= 11 is 0. The summed E-state index contributed by atoms with van der Waals surface area (Å²) in [6.07, 6.45) is 1.88. The zero-order valence-electron chi connectivity index (χ0n) is 16.6. The van der Waals surface area contributed by atoms with Gasteiger partial charge in [0.1, 0.15) is 11.2 Å². The molecule has 0 saturated carbocycles. The van der Waals surface area contributed by atoms with Crippen LogP contribution in [0.5, 0.6) is 5.75 Å². The van der Waals surface area contributed by atoms with Crippen molar-refractivity contribution < 1.29 is 19.1 Å². The van der Waals surface area contributed by atoms with E-state index in [-0.39, 0.29) is 24.0 Å². The monoisotopic (exact) mass is 392 g/mol. The molecule has 150 valence electrons. The zero-order chi connectivity index (χ0) is 20.2. The lowest BCUT2D eigenvalue weighted by molar-refractivity contribution is -0.150. The number of methoxy groups -OCH3 is 2. The number of carbonyl (C=O) groups excluding carboxylic acids is 2. The third-order valence-electron chi connectivity index (χ3n) is 6.86. The topological polar surface area (TPSA) is 67.9 Å². The molecule has 3 aliphatic heterocycles. The van der Waals surface area contributed by atoms with E-state index in [1.807, 2.05) is 48.5 Å². The Morgan fingerprint density at radius 2 is 1.90 bits per heavy atom. The van der Waals surface area contributed by atoms with E-state index in [9.17, 15) is 9.59 Å². The van der Waals surface area contributed by atoms with Crippen molar-refractivity contribution in [3.05, 3.63) is 59.7 Å². The highest BCUT2D eigenvalue weighted by molar-refractivity contribution is 6.10. The number of nitrogens with zero attached hydrogens (tertiary/aromatic N) is 1. The van der Waals surface area contributed by atoms with E-state index >= 15 is 0 Å². The molecule has 3 aliphatic rings. The molecule has 0 aromatic heterocycles. The maximum Gasteiger partial charge on any atom is 0.311 e. The van der Waals surface area contributed by atoms with Crippen LogP contribution in [0.1, 0.15) is 30.0 Å². The van der Waals surface area contributed by atoms with Gasteiger partial charge in [0.2, 0.25) is 5.91 Å². The Kier molecular flexibility index (Phi) is 4.13. The highest BCUT2D eigenvalue weighted by Crippen LogP contribution is 2.61. The smallest absolute Gasteiger partial charge is 0.311 e. The molecule has 6 nitrogen and oxygen atoms in total. The second-order valence-electron chi connectivity index (χ2n) is 7.99. The number of hydrogen-bond acceptors (Lipinski definition) is 5. The van der Waals surface area contributed by atoms with Crippen LogP contribution in [-0.4, -0.2) is 43.6 Å². The van der Waals surface area contributed by atoms with Crippen molar-refractivity contribution >= 4 is 17.6 Å². The van der Waals surface area contributed by atoms with Gasteiger partial charge in [0.15, 0.2) is 0 Å². The average molecular weight is 392 g/mol. The van der Waals surface area contributed by atoms with E-state index in [1.54, 1.807) is 7.11 Å². The summed E-state index contributed by atoms with van der Waals surface area (Å²) in [5.74, 6) is -0.223. The Morgan fingerprint density at radius 1 is 1.14 bits per heavy atom. The van der Waals surface area contributed by atoms with Gasteiger partial charge in [0.25, 0.3) is 0 Å². The lowest BCUT2D eigenvalue weighted by atomic mass is 9.65. The number of hydrogen-bond donors (Lipinski definition) is 1. The van der Waals surface area contributed by atoms with Crippen molar-refractivity contribution in [1.82, 2.24) is 4.90 Å². The van der Waals surface area contributed by atoms with E-state index < -0.39 is 11.3 Å². The highest BCUT2D eigenvalue weighted by Gasteiger charge is 2.70.